The Labute approximate surface area is 150 Å². The maximum absolute atomic E-state index is 12.8. The van der Waals surface area contributed by atoms with Gasteiger partial charge in [0.2, 0.25) is 0 Å². The number of hydrogen-bond donors (Lipinski definition) is 0. The van der Waals surface area contributed by atoms with E-state index in [1.807, 2.05) is 38.1 Å². The highest BCUT2D eigenvalue weighted by molar-refractivity contribution is 8.14. The van der Waals surface area contributed by atoms with Gasteiger partial charge in [-0.1, -0.05) is 23.4 Å². The molecule has 0 aliphatic carbocycles. The van der Waals surface area contributed by atoms with Crippen LogP contribution in [-0.2, 0) is 4.79 Å². The second-order valence-electron chi connectivity index (χ2n) is 5.50. The molecule has 0 N–H and O–H groups in total. The van der Waals surface area contributed by atoms with Gasteiger partial charge >= 0.3 is 0 Å². The second kappa shape index (κ2) is 7.28. The maximum atomic E-state index is 12.8. The quantitative estimate of drug-likeness (QED) is 0.740. The number of rotatable bonds is 3. The van der Waals surface area contributed by atoms with Gasteiger partial charge in [0.15, 0.2) is 5.17 Å². The number of furan rings is 1. The minimum atomic E-state index is -0.174. The Morgan fingerprint density at radius 3 is 2.67 bits per heavy atom. The van der Waals surface area contributed by atoms with E-state index in [4.69, 9.17) is 16.0 Å². The van der Waals surface area contributed by atoms with Gasteiger partial charge in [0.25, 0.3) is 5.91 Å². The second-order valence-corrected chi connectivity index (χ2v) is 6.93. The van der Waals surface area contributed by atoms with Crippen LogP contribution in [0, 0.1) is 6.92 Å². The minimum Gasteiger partial charge on any atom is -0.462 e. The highest BCUT2D eigenvalue weighted by Crippen LogP contribution is 2.27. The van der Waals surface area contributed by atoms with Crippen molar-refractivity contribution in [2.75, 3.05) is 10.7 Å². The van der Waals surface area contributed by atoms with Crippen LogP contribution in [0.15, 0.2) is 51.9 Å². The van der Waals surface area contributed by atoms with E-state index in [1.165, 1.54) is 6.08 Å². The number of aryl methyl sites for hydroxylation is 1. The summed E-state index contributed by atoms with van der Waals surface area (Å²) < 4.78 is 5.47. The van der Waals surface area contributed by atoms with E-state index >= 15 is 0 Å². The smallest absolute Gasteiger partial charge is 0.257 e. The highest BCUT2D eigenvalue weighted by atomic mass is 35.5. The largest absolute Gasteiger partial charge is 0.462 e. The summed E-state index contributed by atoms with van der Waals surface area (Å²) in [6, 6.07) is 11.1. The van der Waals surface area contributed by atoms with Gasteiger partial charge in [-0.25, -0.2) is 0 Å². The van der Waals surface area contributed by atoms with Crippen LogP contribution in [0.25, 0.3) is 6.08 Å². The summed E-state index contributed by atoms with van der Waals surface area (Å²) in [6.07, 6.45) is 3.17. The lowest BCUT2D eigenvalue weighted by Gasteiger charge is -2.20. The number of carbonyl (C=O) groups is 1. The van der Waals surface area contributed by atoms with E-state index in [0.29, 0.717) is 16.0 Å². The topological polar surface area (TPSA) is 45.8 Å². The van der Waals surface area contributed by atoms with E-state index < -0.39 is 0 Å². The third kappa shape index (κ3) is 3.91. The zero-order valence-electron chi connectivity index (χ0n) is 13.4. The third-order valence-electron chi connectivity index (χ3n) is 3.43. The van der Waals surface area contributed by atoms with Crippen molar-refractivity contribution in [3.8, 4) is 0 Å². The SMILES string of the molecule is Cc1ccc(/C=C/C(=O)N(C2=N[C@@H](C)CS2)c2ccc(Cl)cc2)o1. The van der Waals surface area contributed by atoms with Crippen LogP contribution in [0.3, 0.4) is 0 Å². The Morgan fingerprint density at radius 1 is 1.33 bits per heavy atom. The van der Waals surface area contributed by atoms with E-state index in [0.717, 1.165) is 17.2 Å². The molecule has 0 spiro atoms. The molecular formula is C18H17ClN2O2S. The molecule has 0 radical (unpaired) electrons. The molecule has 0 fully saturated rings. The molecule has 6 heteroatoms. The fraction of sp³-hybridized carbons (Fsp3) is 0.222. The first-order valence-corrected chi connectivity index (χ1v) is 8.94. The number of amides is 1. The summed E-state index contributed by atoms with van der Waals surface area (Å²) in [4.78, 5) is 18.9. The molecule has 3 rings (SSSR count). The number of aliphatic imine (C=N–C) groups is 1. The summed E-state index contributed by atoms with van der Waals surface area (Å²) in [6.45, 7) is 3.90. The minimum absolute atomic E-state index is 0.174. The number of carbonyl (C=O) groups excluding carboxylic acids is 1. The van der Waals surface area contributed by atoms with Crippen molar-refractivity contribution >= 4 is 46.2 Å². The summed E-state index contributed by atoms with van der Waals surface area (Å²) >= 11 is 7.53. The van der Waals surface area contributed by atoms with E-state index in [2.05, 4.69) is 4.99 Å². The fourth-order valence-electron chi connectivity index (χ4n) is 2.27. The van der Waals surface area contributed by atoms with Gasteiger partial charge in [0.05, 0.1) is 11.7 Å². The molecule has 1 amide bonds. The number of anilines is 1. The molecule has 4 nitrogen and oxygen atoms in total. The normalized spacial score (nSPS) is 17.3. The monoisotopic (exact) mass is 360 g/mol. The van der Waals surface area contributed by atoms with Gasteiger partial charge in [-0.3, -0.25) is 14.7 Å². The van der Waals surface area contributed by atoms with Crippen molar-refractivity contribution in [3.63, 3.8) is 0 Å². The summed E-state index contributed by atoms with van der Waals surface area (Å²) in [5, 5.41) is 1.33. The Morgan fingerprint density at radius 2 is 2.08 bits per heavy atom. The van der Waals surface area contributed by atoms with Crippen molar-refractivity contribution in [2.24, 2.45) is 4.99 Å². The first-order valence-electron chi connectivity index (χ1n) is 7.58. The van der Waals surface area contributed by atoms with Crippen molar-refractivity contribution in [3.05, 3.63) is 59.0 Å². The number of amidine groups is 1. The van der Waals surface area contributed by atoms with Crippen LogP contribution < -0.4 is 4.90 Å². The molecule has 0 saturated heterocycles. The first kappa shape index (κ1) is 16.9. The summed E-state index contributed by atoms with van der Waals surface area (Å²) in [7, 11) is 0. The number of nitrogens with zero attached hydrogens (tertiary/aromatic N) is 2. The lowest BCUT2D eigenvalue weighted by Crippen LogP contribution is -2.33. The molecule has 24 heavy (non-hydrogen) atoms. The van der Waals surface area contributed by atoms with E-state index in [9.17, 15) is 4.79 Å². The lowest BCUT2D eigenvalue weighted by molar-refractivity contribution is -0.113. The van der Waals surface area contributed by atoms with Crippen molar-refractivity contribution in [2.45, 2.75) is 19.9 Å². The van der Waals surface area contributed by atoms with Crippen LogP contribution in [0.5, 0.6) is 0 Å². The van der Waals surface area contributed by atoms with Gasteiger partial charge in [-0.2, -0.15) is 0 Å². The molecule has 0 saturated carbocycles. The molecule has 2 aromatic rings. The summed E-state index contributed by atoms with van der Waals surface area (Å²) in [5.74, 6) is 2.15. The Hall–Kier alpha value is -1.98. The first-order chi connectivity index (χ1) is 11.5. The molecule has 0 bridgehead atoms. The average molecular weight is 361 g/mol. The molecule has 1 atom stereocenters. The van der Waals surface area contributed by atoms with Crippen LogP contribution >= 0.6 is 23.4 Å². The van der Waals surface area contributed by atoms with Crippen molar-refractivity contribution in [1.29, 1.82) is 0 Å². The Bertz CT molecular complexity index is 796. The van der Waals surface area contributed by atoms with E-state index in [-0.39, 0.29) is 11.9 Å². The molecule has 1 aromatic carbocycles. The fourth-order valence-corrected chi connectivity index (χ4v) is 3.44. The van der Waals surface area contributed by atoms with Gasteiger partial charge < -0.3 is 4.42 Å². The van der Waals surface area contributed by atoms with Crippen LogP contribution in [0.1, 0.15) is 18.4 Å². The molecule has 1 aliphatic heterocycles. The Kier molecular flexibility index (Phi) is 5.11. The molecule has 2 heterocycles. The molecule has 124 valence electrons. The predicted octanol–water partition coefficient (Wildman–Crippen LogP) is 4.78. The molecule has 1 aromatic heterocycles. The predicted molar refractivity (Wildman–Crippen MR) is 101 cm³/mol. The molecule has 0 unspecified atom stereocenters. The number of halogens is 1. The van der Waals surface area contributed by atoms with Crippen LogP contribution in [-0.4, -0.2) is 22.9 Å². The van der Waals surface area contributed by atoms with Gasteiger partial charge in [0, 0.05) is 16.9 Å². The number of benzene rings is 1. The highest BCUT2D eigenvalue weighted by Gasteiger charge is 2.25. The van der Waals surface area contributed by atoms with Crippen molar-refractivity contribution in [1.82, 2.24) is 0 Å². The Balaban J connectivity index is 1.89. The standard InChI is InChI=1S/C18H17ClN2O2S/c1-12-11-24-18(20-12)21(15-6-4-14(19)5-7-15)17(22)10-9-16-8-3-13(2)23-16/h3-10,12H,11H2,1-2H3/b10-9+/t12-/m0/s1. The number of hydrogen-bond acceptors (Lipinski definition) is 4. The van der Waals surface area contributed by atoms with Gasteiger partial charge in [-0.05, 0) is 56.3 Å². The van der Waals surface area contributed by atoms with Gasteiger partial charge in [0.1, 0.15) is 11.5 Å². The molecular weight excluding hydrogens is 344 g/mol. The summed E-state index contributed by atoms with van der Waals surface area (Å²) in [5.41, 5.74) is 0.741. The number of thioether (sulfide) groups is 1. The average Bonchev–Trinajstić information content (AvgIpc) is 3.16. The molecule has 1 aliphatic rings. The zero-order chi connectivity index (χ0) is 17.1. The maximum Gasteiger partial charge on any atom is 0.257 e. The lowest BCUT2D eigenvalue weighted by atomic mass is 10.3. The van der Waals surface area contributed by atoms with Crippen LogP contribution in [0.2, 0.25) is 5.02 Å². The van der Waals surface area contributed by atoms with Gasteiger partial charge in [-0.15, -0.1) is 0 Å². The van der Waals surface area contributed by atoms with Crippen LogP contribution in [0.4, 0.5) is 5.69 Å². The zero-order valence-corrected chi connectivity index (χ0v) is 15.0. The van der Waals surface area contributed by atoms with Crippen molar-refractivity contribution < 1.29 is 9.21 Å². The third-order valence-corrected chi connectivity index (χ3v) is 4.88. The van der Waals surface area contributed by atoms with E-state index in [1.54, 1.807) is 34.9 Å².